The van der Waals surface area contributed by atoms with Crippen LogP contribution < -0.4 is 5.73 Å². The van der Waals surface area contributed by atoms with Gasteiger partial charge < -0.3 is 5.73 Å². The predicted octanol–water partition coefficient (Wildman–Crippen LogP) is 11.1. The molecule has 0 radical (unpaired) electrons. The zero-order chi connectivity index (χ0) is 27.9. The molecule has 0 spiro atoms. The molecule has 0 aromatic heterocycles. The SMILES string of the molecule is CCCCCCCCCCCCCCCC(=O)C(CCN)C(=O)CCCCCCCCCCCCCCC. The Morgan fingerprint density at radius 2 is 0.658 bits per heavy atom. The van der Waals surface area contributed by atoms with Crippen LogP contribution >= 0.6 is 0 Å². The summed E-state index contributed by atoms with van der Waals surface area (Å²) in [6, 6.07) is 0. The normalized spacial score (nSPS) is 11.5. The van der Waals surface area contributed by atoms with Crippen LogP contribution in [-0.4, -0.2) is 18.1 Å². The van der Waals surface area contributed by atoms with Crippen molar-refractivity contribution in [2.45, 2.75) is 200 Å². The highest BCUT2D eigenvalue weighted by Crippen LogP contribution is 2.18. The van der Waals surface area contributed by atoms with E-state index in [2.05, 4.69) is 13.8 Å². The van der Waals surface area contributed by atoms with Crippen LogP contribution in [-0.2, 0) is 9.59 Å². The molecule has 0 heterocycles. The molecule has 0 rings (SSSR count). The first-order valence-corrected chi connectivity index (χ1v) is 17.4. The number of nitrogens with two attached hydrogens (primary N) is 1. The lowest BCUT2D eigenvalue weighted by atomic mass is 9.89. The van der Waals surface area contributed by atoms with Crippen LogP contribution in [0.3, 0.4) is 0 Å². The molecule has 0 aliphatic carbocycles. The minimum atomic E-state index is -0.436. The minimum Gasteiger partial charge on any atom is -0.330 e. The third-order valence-corrected chi connectivity index (χ3v) is 8.29. The average molecular weight is 536 g/mol. The van der Waals surface area contributed by atoms with Gasteiger partial charge in [0.25, 0.3) is 0 Å². The van der Waals surface area contributed by atoms with E-state index in [1.165, 1.54) is 141 Å². The maximum Gasteiger partial charge on any atom is 0.143 e. The summed E-state index contributed by atoms with van der Waals surface area (Å²) >= 11 is 0. The summed E-state index contributed by atoms with van der Waals surface area (Å²) in [6.07, 6.45) is 35.6. The number of hydrogen-bond donors (Lipinski definition) is 1. The third-order valence-electron chi connectivity index (χ3n) is 8.29. The fraction of sp³-hybridized carbons (Fsp3) is 0.943. The van der Waals surface area contributed by atoms with Gasteiger partial charge in [-0.15, -0.1) is 0 Å². The van der Waals surface area contributed by atoms with Crippen LogP contribution in [0.15, 0.2) is 0 Å². The molecule has 0 fully saturated rings. The van der Waals surface area contributed by atoms with Crippen LogP contribution in [0.2, 0.25) is 0 Å². The smallest absolute Gasteiger partial charge is 0.143 e. The maximum atomic E-state index is 12.7. The molecule has 0 saturated heterocycles. The number of Topliss-reactive ketones (excluding diaryl/α,β-unsaturated/α-hetero) is 2. The highest BCUT2D eigenvalue weighted by atomic mass is 16.1. The van der Waals surface area contributed by atoms with Crippen molar-refractivity contribution in [3.05, 3.63) is 0 Å². The summed E-state index contributed by atoms with van der Waals surface area (Å²) in [5.41, 5.74) is 5.75. The van der Waals surface area contributed by atoms with E-state index in [1.54, 1.807) is 0 Å². The van der Waals surface area contributed by atoms with Gasteiger partial charge in [0.1, 0.15) is 11.6 Å². The topological polar surface area (TPSA) is 60.2 Å². The summed E-state index contributed by atoms with van der Waals surface area (Å²) in [4.78, 5) is 25.5. The summed E-state index contributed by atoms with van der Waals surface area (Å²) < 4.78 is 0. The van der Waals surface area contributed by atoms with Crippen molar-refractivity contribution < 1.29 is 9.59 Å². The van der Waals surface area contributed by atoms with E-state index in [0.717, 1.165) is 25.7 Å². The molecule has 0 aromatic rings. The van der Waals surface area contributed by atoms with E-state index < -0.39 is 5.92 Å². The van der Waals surface area contributed by atoms with E-state index in [-0.39, 0.29) is 11.6 Å². The molecule has 0 bridgehead atoms. The second kappa shape index (κ2) is 30.8. The van der Waals surface area contributed by atoms with Crippen LogP contribution in [0, 0.1) is 5.92 Å². The Labute approximate surface area is 239 Å². The summed E-state index contributed by atoms with van der Waals surface area (Å²) in [6.45, 7) is 4.98. The largest absolute Gasteiger partial charge is 0.330 e. The van der Waals surface area contributed by atoms with Crippen LogP contribution in [0.25, 0.3) is 0 Å². The van der Waals surface area contributed by atoms with Crippen molar-refractivity contribution in [1.29, 1.82) is 0 Å². The van der Waals surface area contributed by atoms with Gasteiger partial charge in [0.05, 0.1) is 5.92 Å². The van der Waals surface area contributed by atoms with Gasteiger partial charge in [-0.2, -0.15) is 0 Å². The number of rotatable bonds is 32. The van der Waals surface area contributed by atoms with E-state index in [4.69, 9.17) is 5.73 Å². The van der Waals surface area contributed by atoms with Crippen molar-refractivity contribution in [2.24, 2.45) is 11.7 Å². The molecule has 2 N–H and O–H groups in total. The molecule has 0 aromatic carbocycles. The zero-order valence-electron chi connectivity index (χ0n) is 26.2. The molecule has 3 heteroatoms. The van der Waals surface area contributed by atoms with Crippen LogP contribution in [0.1, 0.15) is 200 Å². The second-order valence-corrected chi connectivity index (χ2v) is 12.0. The Morgan fingerprint density at radius 3 is 0.895 bits per heavy atom. The Balaban J connectivity index is 3.69. The molecule has 0 amide bonds. The van der Waals surface area contributed by atoms with Gasteiger partial charge in [0, 0.05) is 12.8 Å². The number of hydrogen-bond acceptors (Lipinski definition) is 3. The third kappa shape index (κ3) is 25.6. The lowest BCUT2D eigenvalue weighted by Crippen LogP contribution is -2.26. The lowest BCUT2D eigenvalue weighted by molar-refractivity contribution is -0.133. The van der Waals surface area contributed by atoms with Gasteiger partial charge in [0.15, 0.2) is 0 Å². The number of carbonyl (C=O) groups is 2. The molecule has 0 aliphatic heterocycles. The van der Waals surface area contributed by atoms with Gasteiger partial charge in [-0.25, -0.2) is 0 Å². The Morgan fingerprint density at radius 1 is 0.421 bits per heavy atom. The molecule has 0 unspecified atom stereocenters. The maximum absolute atomic E-state index is 12.7. The van der Waals surface area contributed by atoms with Gasteiger partial charge in [-0.1, -0.05) is 168 Å². The van der Waals surface area contributed by atoms with Crippen molar-refractivity contribution >= 4 is 11.6 Å². The summed E-state index contributed by atoms with van der Waals surface area (Å²) in [7, 11) is 0. The quantitative estimate of drug-likeness (QED) is 0.0688. The Hall–Kier alpha value is -0.700. The fourth-order valence-corrected chi connectivity index (χ4v) is 5.65. The first-order chi connectivity index (χ1) is 18.7. The molecular weight excluding hydrogens is 466 g/mol. The van der Waals surface area contributed by atoms with Crippen molar-refractivity contribution in [3.63, 3.8) is 0 Å². The molecule has 0 atom stereocenters. The van der Waals surface area contributed by atoms with E-state index in [9.17, 15) is 9.59 Å². The van der Waals surface area contributed by atoms with Crippen molar-refractivity contribution in [3.8, 4) is 0 Å². The average Bonchev–Trinajstić information content (AvgIpc) is 2.92. The molecular formula is C35H69NO2. The highest BCUT2D eigenvalue weighted by Gasteiger charge is 2.24. The first-order valence-electron chi connectivity index (χ1n) is 17.4. The van der Waals surface area contributed by atoms with Gasteiger partial charge in [0.2, 0.25) is 0 Å². The summed E-state index contributed by atoms with van der Waals surface area (Å²) in [5, 5.41) is 0. The number of unbranched alkanes of at least 4 members (excludes halogenated alkanes) is 24. The van der Waals surface area contributed by atoms with Crippen LogP contribution in [0.5, 0.6) is 0 Å². The van der Waals surface area contributed by atoms with Gasteiger partial charge in [-0.05, 0) is 25.8 Å². The van der Waals surface area contributed by atoms with Crippen molar-refractivity contribution in [2.75, 3.05) is 6.54 Å². The highest BCUT2D eigenvalue weighted by molar-refractivity contribution is 6.02. The van der Waals surface area contributed by atoms with E-state index >= 15 is 0 Å². The fourth-order valence-electron chi connectivity index (χ4n) is 5.65. The molecule has 0 saturated carbocycles. The van der Waals surface area contributed by atoms with Gasteiger partial charge >= 0.3 is 0 Å². The van der Waals surface area contributed by atoms with Crippen LogP contribution in [0.4, 0.5) is 0 Å². The van der Waals surface area contributed by atoms with Gasteiger partial charge in [-0.3, -0.25) is 9.59 Å². The number of ketones is 2. The van der Waals surface area contributed by atoms with E-state index in [0.29, 0.717) is 25.8 Å². The predicted molar refractivity (Wildman–Crippen MR) is 168 cm³/mol. The lowest BCUT2D eigenvalue weighted by Gasteiger charge is -2.14. The summed E-state index contributed by atoms with van der Waals surface area (Å²) in [5.74, 6) is -0.133. The standard InChI is InChI=1S/C35H69NO2/c1-3-5-7-9-11-13-15-17-19-21-23-25-27-29-34(37)33(31-32-36)35(38)30-28-26-24-22-20-18-16-14-12-10-8-6-4-2/h33H,3-32,36H2,1-2H3. The van der Waals surface area contributed by atoms with E-state index in [1.807, 2.05) is 0 Å². The first kappa shape index (κ1) is 37.3. The molecule has 3 nitrogen and oxygen atoms in total. The Kier molecular flexibility index (Phi) is 30.3. The minimum absolute atomic E-state index is 0.151. The van der Waals surface area contributed by atoms with Crippen molar-refractivity contribution in [1.82, 2.24) is 0 Å². The zero-order valence-corrected chi connectivity index (χ0v) is 26.2. The monoisotopic (exact) mass is 536 g/mol. The molecule has 38 heavy (non-hydrogen) atoms. The second-order valence-electron chi connectivity index (χ2n) is 12.0. The molecule has 226 valence electrons. The Bertz CT molecular complexity index is 462. The number of carbonyl (C=O) groups excluding carboxylic acids is 2. The molecule has 0 aliphatic rings.